The lowest BCUT2D eigenvalue weighted by molar-refractivity contribution is -0.00867. The number of hydrogen-bond acceptors (Lipinski definition) is 3. The van der Waals surface area contributed by atoms with Crippen LogP contribution in [-0.2, 0) is 9.47 Å². The van der Waals surface area contributed by atoms with E-state index in [0.29, 0.717) is 0 Å². The van der Waals surface area contributed by atoms with Gasteiger partial charge in [-0.3, -0.25) is 0 Å². The molecule has 260 valence electrons. The lowest BCUT2D eigenvalue weighted by Crippen LogP contribution is -2.23. The summed E-state index contributed by atoms with van der Waals surface area (Å²) in [6.07, 6.45) is 46.7. The van der Waals surface area contributed by atoms with Gasteiger partial charge in [-0.15, -0.1) is 0 Å². The molecule has 3 heteroatoms. The fraction of sp³-hybridized carbons (Fsp3) is 0.878. The van der Waals surface area contributed by atoms with E-state index < -0.39 is 6.16 Å². The van der Waals surface area contributed by atoms with Crippen molar-refractivity contribution in [3.63, 3.8) is 0 Å². The highest BCUT2D eigenvalue weighted by Gasteiger charge is 2.17. The van der Waals surface area contributed by atoms with Gasteiger partial charge in [0.05, 0.1) is 0 Å². The van der Waals surface area contributed by atoms with E-state index in [1.54, 1.807) is 0 Å². The first-order valence-corrected chi connectivity index (χ1v) is 19.8. The Bertz CT molecular complexity index is 573. The molecule has 0 saturated carbocycles. The highest BCUT2D eigenvalue weighted by Crippen LogP contribution is 2.17. The summed E-state index contributed by atoms with van der Waals surface area (Å²) in [6, 6.07) is 0. The zero-order chi connectivity index (χ0) is 32.2. The SMILES string of the molecule is CCCCCCCC/C=C\CCCCCCCC(CC)OC(=O)OC(CC)CCCCCCC/C=C\CCCCCCCC. The normalized spacial score (nSPS) is 13.2. The Morgan fingerprint density at radius 1 is 0.409 bits per heavy atom. The number of ether oxygens (including phenoxy) is 2. The zero-order valence-electron chi connectivity index (χ0n) is 30.4. The molecule has 0 rings (SSSR count). The molecule has 0 N–H and O–H groups in total. The van der Waals surface area contributed by atoms with Crippen LogP contribution in [0.2, 0.25) is 0 Å². The van der Waals surface area contributed by atoms with E-state index in [1.807, 2.05) is 0 Å². The van der Waals surface area contributed by atoms with Crippen LogP contribution in [0.5, 0.6) is 0 Å². The zero-order valence-corrected chi connectivity index (χ0v) is 30.4. The average molecular weight is 619 g/mol. The van der Waals surface area contributed by atoms with Crippen LogP contribution in [0.15, 0.2) is 24.3 Å². The molecule has 0 amide bonds. The molecule has 0 spiro atoms. The fourth-order valence-corrected chi connectivity index (χ4v) is 5.88. The van der Waals surface area contributed by atoms with E-state index >= 15 is 0 Å². The van der Waals surface area contributed by atoms with E-state index in [4.69, 9.17) is 9.47 Å². The molecule has 0 aliphatic carbocycles. The summed E-state index contributed by atoms with van der Waals surface area (Å²) in [4.78, 5) is 12.4. The van der Waals surface area contributed by atoms with Crippen LogP contribution in [0.4, 0.5) is 4.79 Å². The van der Waals surface area contributed by atoms with Gasteiger partial charge < -0.3 is 9.47 Å². The second kappa shape index (κ2) is 36.2. The Balaban J connectivity index is 3.70. The summed E-state index contributed by atoms with van der Waals surface area (Å²) < 4.78 is 11.4. The molecule has 2 atom stereocenters. The average Bonchev–Trinajstić information content (AvgIpc) is 3.03. The minimum absolute atomic E-state index is 0.00948. The van der Waals surface area contributed by atoms with Crippen LogP contribution in [0.3, 0.4) is 0 Å². The molecule has 0 bridgehead atoms. The number of unbranched alkanes of at least 4 members (excludes halogenated alkanes) is 22. The molecule has 2 unspecified atom stereocenters. The lowest BCUT2D eigenvalue weighted by Gasteiger charge is -2.20. The second-order valence-corrected chi connectivity index (χ2v) is 13.3. The van der Waals surface area contributed by atoms with Gasteiger partial charge in [-0.05, 0) is 89.9 Å². The molecule has 0 aromatic heterocycles. The van der Waals surface area contributed by atoms with Gasteiger partial charge in [-0.1, -0.05) is 155 Å². The lowest BCUT2D eigenvalue weighted by atomic mass is 10.1. The molecule has 0 heterocycles. The third kappa shape index (κ3) is 32.2. The molecule has 0 aromatic carbocycles. The van der Waals surface area contributed by atoms with Crippen molar-refractivity contribution in [1.29, 1.82) is 0 Å². The molecule has 0 saturated heterocycles. The number of allylic oxidation sites excluding steroid dienone is 4. The van der Waals surface area contributed by atoms with Gasteiger partial charge in [0.25, 0.3) is 0 Å². The molecule has 44 heavy (non-hydrogen) atoms. The van der Waals surface area contributed by atoms with E-state index in [0.717, 1.165) is 38.5 Å². The van der Waals surface area contributed by atoms with Crippen molar-refractivity contribution in [2.75, 3.05) is 0 Å². The maximum absolute atomic E-state index is 12.4. The van der Waals surface area contributed by atoms with E-state index in [1.165, 1.54) is 154 Å². The first kappa shape index (κ1) is 42.8. The third-order valence-corrected chi connectivity index (χ3v) is 9.01. The molecule has 0 aliphatic heterocycles. The van der Waals surface area contributed by atoms with Crippen LogP contribution >= 0.6 is 0 Å². The van der Waals surface area contributed by atoms with E-state index in [9.17, 15) is 4.79 Å². The van der Waals surface area contributed by atoms with Crippen LogP contribution in [0.1, 0.15) is 220 Å². The van der Waals surface area contributed by atoms with Crippen molar-refractivity contribution in [2.24, 2.45) is 0 Å². The fourth-order valence-electron chi connectivity index (χ4n) is 5.88. The smallest absolute Gasteiger partial charge is 0.431 e. The summed E-state index contributed by atoms with van der Waals surface area (Å²) in [5.41, 5.74) is 0. The molecular formula is C41H78O3. The van der Waals surface area contributed by atoms with Crippen molar-refractivity contribution >= 4 is 6.16 Å². The minimum atomic E-state index is -0.454. The van der Waals surface area contributed by atoms with Gasteiger partial charge in [0.15, 0.2) is 0 Å². The summed E-state index contributed by atoms with van der Waals surface area (Å²) >= 11 is 0. The van der Waals surface area contributed by atoms with Crippen LogP contribution in [0.25, 0.3) is 0 Å². The maximum atomic E-state index is 12.4. The Kier molecular flexibility index (Phi) is 35.2. The van der Waals surface area contributed by atoms with Crippen LogP contribution < -0.4 is 0 Å². The summed E-state index contributed by atoms with van der Waals surface area (Å²) in [5, 5.41) is 0. The predicted octanol–water partition coefficient (Wildman–Crippen LogP) is 14.8. The van der Waals surface area contributed by atoms with Crippen LogP contribution in [0, 0.1) is 0 Å². The largest absolute Gasteiger partial charge is 0.508 e. The van der Waals surface area contributed by atoms with Gasteiger partial charge >= 0.3 is 6.16 Å². The number of carbonyl (C=O) groups is 1. The van der Waals surface area contributed by atoms with E-state index in [2.05, 4.69) is 52.0 Å². The monoisotopic (exact) mass is 619 g/mol. The van der Waals surface area contributed by atoms with Crippen molar-refractivity contribution in [3.05, 3.63) is 24.3 Å². The molecular weight excluding hydrogens is 540 g/mol. The first-order valence-electron chi connectivity index (χ1n) is 19.8. The third-order valence-electron chi connectivity index (χ3n) is 9.01. The van der Waals surface area contributed by atoms with Gasteiger partial charge in [0.2, 0.25) is 0 Å². The van der Waals surface area contributed by atoms with Gasteiger partial charge in [-0.2, -0.15) is 0 Å². The molecule has 3 nitrogen and oxygen atoms in total. The number of hydrogen-bond donors (Lipinski definition) is 0. The molecule has 0 aliphatic rings. The Morgan fingerprint density at radius 3 is 0.977 bits per heavy atom. The second-order valence-electron chi connectivity index (χ2n) is 13.3. The highest BCUT2D eigenvalue weighted by atomic mass is 16.7. The van der Waals surface area contributed by atoms with Crippen molar-refractivity contribution in [2.45, 2.75) is 233 Å². The van der Waals surface area contributed by atoms with Crippen molar-refractivity contribution in [1.82, 2.24) is 0 Å². The summed E-state index contributed by atoms with van der Waals surface area (Å²) in [5.74, 6) is 0. The summed E-state index contributed by atoms with van der Waals surface area (Å²) in [7, 11) is 0. The Hall–Kier alpha value is -1.25. The van der Waals surface area contributed by atoms with E-state index in [-0.39, 0.29) is 12.2 Å². The minimum Gasteiger partial charge on any atom is -0.431 e. The van der Waals surface area contributed by atoms with Gasteiger partial charge in [-0.25, -0.2) is 4.79 Å². The molecule has 0 fully saturated rings. The topological polar surface area (TPSA) is 35.5 Å². The standard InChI is InChI=1S/C41H78O3/c1-5-9-11-13-15-17-19-21-23-25-27-29-31-33-35-37-39(7-3)43-41(42)44-40(8-4)38-36-34-32-30-28-26-24-22-20-18-16-14-12-10-6-2/h21-24,39-40H,5-20,25-38H2,1-4H3/b23-21-,24-22-. The summed E-state index contributed by atoms with van der Waals surface area (Å²) in [6.45, 7) is 8.78. The van der Waals surface area contributed by atoms with Crippen LogP contribution in [-0.4, -0.2) is 18.4 Å². The van der Waals surface area contributed by atoms with Crippen molar-refractivity contribution in [3.8, 4) is 0 Å². The quantitative estimate of drug-likeness (QED) is 0.0409. The predicted molar refractivity (Wildman–Crippen MR) is 195 cm³/mol. The molecule has 0 aromatic rings. The van der Waals surface area contributed by atoms with Gasteiger partial charge in [0.1, 0.15) is 12.2 Å². The first-order chi connectivity index (χ1) is 21.7. The Labute approximate surface area is 276 Å². The number of rotatable bonds is 34. The maximum Gasteiger partial charge on any atom is 0.508 e. The van der Waals surface area contributed by atoms with Crippen molar-refractivity contribution < 1.29 is 14.3 Å². The highest BCUT2D eigenvalue weighted by molar-refractivity contribution is 5.60. The van der Waals surface area contributed by atoms with Gasteiger partial charge in [0, 0.05) is 0 Å². The molecule has 0 radical (unpaired) electrons. The Morgan fingerprint density at radius 2 is 0.682 bits per heavy atom. The number of carbonyl (C=O) groups excluding carboxylic acids is 1.